The normalized spacial score (nSPS) is 16.5. The zero-order chi connectivity index (χ0) is 21.1. The van der Waals surface area contributed by atoms with E-state index in [4.69, 9.17) is 16.3 Å². The van der Waals surface area contributed by atoms with Crippen molar-refractivity contribution in [2.75, 3.05) is 25.5 Å². The van der Waals surface area contributed by atoms with E-state index in [-0.39, 0.29) is 22.7 Å². The topological polar surface area (TPSA) is 67.9 Å². The van der Waals surface area contributed by atoms with Crippen LogP contribution in [0.3, 0.4) is 0 Å². The molecule has 1 atom stereocenters. The Bertz CT molecular complexity index is 728. The molecule has 1 N–H and O–H groups in total. The Morgan fingerprint density at radius 3 is 2.43 bits per heavy atom. The number of hydrogen-bond donors (Lipinski definition) is 1. The maximum Gasteiger partial charge on any atom is 0.410 e. The van der Waals surface area contributed by atoms with E-state index in [9.17, 15) is 14.0 Å². The highest BCUT2D eigenvalue weighted by Gasteiger charge is 2.29. The van der Waals surface area contributed by atoms with E-state index in [2.05, 4.69) is 10.1 Å². The molecular weight excluding hydrogens is 387 g/mol. The lowest BCUT2D eigenvalue weighted by molar-refractivity contribution is 0.0179. The van der Waals surface area contributed by atoms with E-state index in [0.717, 1.165) is 18.9 Å². The summed E-state index contributed by atoms with van der Waals surface area (Å²) < 4.78 is 24.0. The Labute approximate surface area is 170 Å². The smallest absolute Gasteiger partial charge is 0.410 e. The van der Waals surface area contributed by atoms with Crippen LogP contribution in [0.5, 0.6) is 0 Å². The number of nitrogens with zero attached hydrogens (tertiary/aromatic N) is 1. The first-order valence-electron chi connectivity index (χ1n) is 9.33. The number of amides is 1. The third kappa shape index (κ3) is 5.74. The third-order valence-electron chi connectivity index (χ3n) is 4.74. The summed E-state index contributed by atoms with van der Waals surface area (Å²) in [6.45, 7) is 8.76. The summed E-state index contributed by atoms with van der Waals surface area (Å²) in [6.07, 6.45) is 1.31. The van der Waals surface area contributed by atoms with Crippen molar-refractivity contribution in [3.63, 3.8) is 0 Å². The minimum atomic E-state index is -0.754. The van der Waals surface area contributed by atoms with Gasteiger partial charge >= 0.3 is 12.1 Å². The average Bonchev–Trinajstić information content (AvgIpc) is 2.62. The molecule has 0 saturated carbocycles. The molecule has 0 radical (unpaired) electrons. The Morgan fingerprint density at radius 2 is 1.89 bits per heavy atom. The van der Waals surface area contributed by atoms with Crippen molar-refractivity contribution < 1.29 is 23.5 Å². The zero-order valence-corrected chi connectivity index (χ0v) is 17.7. The fourth-order valence-corrected chi connectivity index (χ4v) is 3.40. The number of likely N-dealkylation sites (tertiary alicyclic amines) is 1. The van der Waals surface area contributed by atoms with Gasteiger partial charge in [-0.2, -0.15) is 0 Å². The standard InChI is InChI=1S/C20H28ClFN2O4/c1-12(13-6-8-24(9-7-13)19(26)28-20(2,3)4)23-17-10-14(18(25)27-5)16(22)11-15(17)21/h10-13,23H,6-9H2,1-5H3/t12-/m0/s1. The van der Waals surface area contributed by atoms with Crippen LogP contribution in [0.25, 0.3) is 0 Å². The predicted octanol–water partition coefficient (Wildman–Crippen LogP) is 4.71. The molecule has 1 aliphatic rings. The van der Waals surface area contributed by atoms with Crippen molar-refractivity contribution >= 4 is 29.4 Å². The maximum atomic E-state index is 13.9. The molecule has 1 aromatic rings. The second kappa shape index (κ2) is 8.99. The number of ether oxygens (including phenoxy) is 2. The summed E-state index contributed by atoms with van der Waals surface area (Å²) in [7, 11) is 1.20. The van der Waals surface area contributed by atoms with Crippen LogP contribution in [0.1, 0.15) is 50.9 Å². The molecule has 6 nitrogen and oxygen atoms in total. The minimum absolute atomic E-state index is 0.0224. The molecule has 0 bridgehead atoms. The molecule has 1 saturated heterocycles. The third-order valence-corrected chi connectivity index (χ3v) is 5.06. The van der Waals surface area contributed by atoms with Gasteiger partial charge in [-0.3, -0.25) is 0 Å². The second-order valence-corrected chi connectivity index (χ2v) is 8.45. The van der Waals surface area contributed by atoms with Crippen LogP contribution in [0.2, 0.25) is 5.02 Å². The lowest BCUT2D eigenvalue weighted by atomic mass is 9.90. The molecule has 28 heavy (non-hydrogen) atoms. The van der Waals surface area contributed by atoms with Gasteiger partial charge in [0.05, 0.1) is 23.4 Å². The van der Waals surface area contributed by atoms with Gasteiger partial charge in [0.2, 0.25) is 0 Å². The number of methoxy groups -OCH3 is 1. The summed E-state index contributed by atoms with van der Waals surface area (Å²) >= 11 is 6.13. The van der Waals surface area contributed by atoms with Gasteiger partial charge in [-0.05, 0) is 58.6 Å². The quantitative estimate of drug-likeness (QED) is 0.722. The first-order valence-corrected chi connectivity index (χ1v) is 9.71. The Balaban J connectivity index is 1.99. The van der Waals surface area contributed by atoms with E-state index in [1.54, 1.807) is 4.90 Å². The number of nitrogens with one attached hydrogen (secondary N) is 1. The van der Waals surface area contributed by atoms with Crippen molar-refractivity contribution in [1.29, 1.82) is 0 Å². The highest BCUT2D eigenvalue weighted by Crippen LogP contribution is 2.30. The molecule has 8 heteroatoms. The van der Waals surface area contributed by atoms with Gasteiger partial charge in [-0.15, -0.1) is 0 Å². The van der Waals surface area contributed by atoms with Crippen molar-refractivity contribution in [3.8, 4) is 0 Å². The molecule has 1 heterocycles. The Morgan fingerprint density at radius 1 is 1.29 bits per heavy atom. The molecule has 0 spiro atoms. The van der Waals surface area contributed by atoms with Crippen molar-refractivity contribution in [2.45, 2.75) is 52.2 Å². The number of benzene rings is 1. The molecule has 1 amide bonds. The highest BCUT2D eigenvalue weighted by molar-refractivity contribution is 6.33. The van der Waals surface area contributed by atoms with Crippen molar-refractivity contribution in [3.05, 3.63) is 28.5 Å². The Kier molecular flexibility index (Phi) is 7.15. The summed E-state index contributed by atoms with van der Waals surface area (Å²) in [5, 5.41) is 3.47. The van der Waals surface area contributed by atoms with Crippen molar-refractivity contribution in [1.82, 2.24) is 4.90 Å². The fraction of sp³-hybridized carbons (Fsp3) is 0.600. The predicted molar refractivity (Wildman–Crippen MR) is 106 cm³/mol. The second-order valence-electron chi connectivity index (χ2n) is 8.04. The van der Waals surface area contributed by atoms with E-state index in [1.165, 1.54) is 13.2 Å². The molecule has 156 valence electrons. The van der Waals surface area contributed by atoms with Crippen LogP contribution in [-0.4, -0.2) is 48.8 Å². The molecule has 2 rings (SSSR count). The largest absolute Gasteiger partial charge is 0.465 e. The minimum Gasteiger partial charge on any atom is -0.465 e. The molecule has 0 unspecified atom stereocenters. The average molecular weight is 415 g/mol. The number of piperidine rings is 1. The van der Waals surface area contributed by atoms with Gasteiger partial charge in [0.15, 0.2) is 0 Å². The summed E-state index contributed by atoms with van der Waals surface area (Å²) in [5.74, 6) is -1.18. The van der Waals surface area contributed by atoms with Gasteiger partial charge in [0.1, 0.15) is 11.4 Å². The number of carbonyl (C=O) groups is 2. The first kappa shape index (κ1) is 22.3. The summed E-state index contributed by atoms with van der Waals surface area (Å²) in [5.41, 5.74) is -0.202. The molecule has 1 aliphatic heterocycles. The zero-order valence-electron chi connectivity index (χ0n) is 17.0. The highest BCUT2D eigenvalue weighted by atomic mass is 35.5. The van der Waals surface area contributed by atoms with E-state index >= 15 is 0 Å². The van der Waals surface area contributed by atoms with Gasteiger partial charge < -0.3 is 19.7 Å². The molecule has 1 fully saturated rings. The van der Waals surface area contributed by atoms with Gasteiger partial charge in [-0.1, -0.05) is 11.6 Å². The van der Waals surface area contributed by atoms with Crippen LogP contribution in [-0.2, 0) is 9.47 Å². The van der Waals surface area contributed by atoms with Gasteiger partial charge in [0.25, 0.3) is 0 Å². The molecule has 0 aromatic heterocycles. The number of carbonyl (C=O) groups excluding carboxylic acids is 2. The van der Waals surface area contributed by atoms with E-state index in [0.29, 0.717) is 24.7 Å². The summed E-state index contributed by atoms with van der Waals surface area (Å²) in [6, 6.07) is 2.50. The number of halogens is 2. The maximum absolute atomic E-state index is 13.9. The lowest BCUT2D eigenvalue weighted by Gasteiger charge is -2.36. The SMILES string of the molecule is COC(=O)c1cc(N[C@@H](C)C2CCN(C(=O)OC(C)(C)C)CC2)c(Cl)cc1F. The number of hydrogen-bond acceptors (Lipinski definition) is 5. The van der Waals surface area contributed by atoms with Crippen molar-refractivity contribution in [2.24, 2.45) is 5.92 Å². The fourth-order valence-electron chi connectivity index (χ4n) is 3.20. The molecule has 0 aliphatic carbocycles. The van der Waals surface area contributed by atoms with Crippen LogP contribution in [0.4, 0.5) is 14.9 Å². The number of anilines is 1. The van der Waals surface area contributed by atoms with Crippen LogP contribution >= 0.6 is 11.6 Å². The van der Waals surface area contributed by atoms with Gasteiger partial charge in [-0.25, -0.2) is 14.0 Å². The van der Waals surface area contributed by atoms with Crippen LogP contribution < -0.4 is 5.32 Å². The Hall–Kier alpha value is -2.02. The van der Waals surface area contributed by atoms with Crippen LogP contribution in [0, 0.1) is 11.7 Å². The van der Waals surface area contributed by atoms with E-state index < -0.39 is 17.4 Å². The van der Waals surface area contributed by atoms with Crippen LogP contribution in [0.15, 0.2) is 12.1 Å². The summed E-state index contributed by atoms with van der Waals surface area (Å²) in [4.78, 5) is 25.6. The number of rotatable bonds is 4. The number of esters is 1. The lowest BCUT2D eigenvalue weighted by Crippen LogP contribution is -2.44. The van der Waals surface area contributed by atoms with Gasteiger partial charge in [0, 0.05) is 19.1 Å². The molecule has 1 aromatic carbocycles. The monoisotopic (exact) mass is 414 g/mol. The first-order chi connectivity index (χ1) is 13.0. The molecular formula is C20H28ClFN2O4. The van der Waals surface area contributed by atoms with E-state index in [1.807, 2.05) is 27.7 Å².